The van der Waals surface area contributed by atoms with Gasteiger partial charge in [0.2, 0.25) is 0 Å². The Balaban J connectivity index is 1.40. The zero-order valence-corrected chi connectivity index (χ0v) is 18.4. The number of halogens is 2. The summed E-state index contributed by atoms with van der Waals surface area (Å²) in [6.07, 6.45) is 0.532. The Morgan fingerprint density at radius 3 is 2.29 bits per heavy atom. The minimum atomic E-state index is -2.86. The molecule has 2 amide bonds. The summed E-state index contributed by atoms with van der Waals surface area (Å²) in [4.78, 5) is 24.4. The van der Waals surface area contributed by atoms with E-state index in [0.29, 0.717) is 35.7 Å². The molecule has 9 heteroatoms. The smallest absolute Gasteiger partial charge is 0.387 e. The van der Waals surface area contributed by atoms with Crippen LogP contribution in [0.1, 0.15) is 15.9 Å². The van der Waals surface area contributed by atoms with Gasteiger partial charge in [-0.15, -0.1) is 0 Å². The first kappa shape index (κ1) is 24.5. The number of carbonyl (C=O) groups excluding carboxylic acids is 2. The standard InChI is InChI=1S/C25H24F2N2O5/c1-32-22-4-2-3-19(15-22)29-23(30)16-33-20-11-7-18(8-12-20)24(31)28-14-13-17-5-9-21(10-6-17)34-25(26)27/h2-12,15,25H,13-14,16H2,1H3,(H,28,31)(H,29,30). The van der Waals surface area contributed by atoms with Crippen LogP contribution in [0.15, 0.2) is 72.8 Å². The lowest BCUT2D eigenvalue weighted by Gasteiger charge is -2.10. The SMILES string of the molecule is COc1cccc(NC(=O)COc2ccc(C(=O)NCCc3ccc(OC(F)F)cc3)cc2)c1. The predicted octanol–water partition coefficient (Wildman–Crippen LogP) is 4.29. The number of alkyl halides is 2. The minimum Gasteiger partial charge on any atom is -0.497 e. The van der Waals surface area contributed by atoms with E-state index < -0.39 is 6.61 Å². The van der Waals surface area contributed by atoms with Crippen molar-refractivity contribution in [2.24, 2.45) is 0 Å². The van der Waals surface area contributed by atoms with Crippen molar-refractivity contribution in [1.29, 1.82) is 0 Å². The van der Waals surface area contributed by atoms with Gasteiger partial charge < -0.3 is 24.8 Å². The molecule has 3 rings (SSSR count). The van der Waals surface area contributed by atoms with E-state index in [1.54, 1.807) is 67.8 Å². The van der Waals surface area contributed by atoms with E-state index in [0.717, 1.165) is 5.56 Å². The highest BCUT2D eigenvalue weighted by Crippen LogP contribution is 2.17. The number of anilines is 1. The number of methoxy groups -OCH3 is 1. The highest BCUT2D eigenvalue weighted by molar-refractivity contribution is 5.94. The maximum Gasteiger partial charge on any atom is 0.387 e. The van der Waals surface area contributed by atoms with Crippen LogP contribution in [0.5, 0.6) is 17.2 Å². The molecule has 0 aliphatic heterocycles. The maximum absolute atomic E-state index is 12.3. The second-order valence-corrected chi connectivity index (χ2v) is 7.12. The van der Waals surface area contributed by atoms with E-state index in [4.69, 9.17) is 9.47 Å². The van der Waals surface area contributed by atoms with Crippen LogP contribution in [-0.4, -0.2) is 38.7 Å². The van der Waals surface area contributed by atoms with Gasteiger partial charge in [-0.3, -0.25) is 9.59 Å². The quantitative estimate of drug-likeness (QED) is 0.437. The van der Waals surface area contributed by atoms with Crippen LogP contribution in [0.2, 0.25) is 0 Å². The number of hydrogen-bond acceptors (Lipinski definition) is 5. The first-order valence-electron chi connectivity index (χ1n) is 10.4. The number of carbonyl (C=O) groups is 2. The molecule has 0 unspecified atom stereocenters. The van der Waals surface area contributed by atoms with Crippen molar-refractivity contribution in [3.05, 3.63) is 83.9 Å². The molecule has 0 aliphatic carbocycles. The fourth-order valence-electron chi connectivity index (χ4n) is 3.01. The third-order valence-corrected chi connectivity index (χ3v) is 4.69. The summed E-state index contributed by atoms with van der Waals surface area (Å²) in [6.45, 7) is -2.68. The van der Waals surface area contributed by atoms with Crippen LogP contribution < -0.4 is 24.8 Å². The molecule has 0 saturated heterocycles. The Hall–Kier alpha value is -4.14. The average Bonchev–Trinajstić information content (AvgIpc) is 2.84. The normalized spacial score (nSPS) is 10.5. The van der Waals surface area contributed by atoms with Gasteiger partial charge in [-0.25, -0.2) is 0 Å². The first-order valence-corrected chi connectivity index (χ1v) is 10.4. The highest BCUT2D eigenvalue weighted by Gasteiger charge is 2.08. The molecular formula is C25H24F2N2O5. The van der Waals surface area contributed by atoms with Crippen LogP contribution in [0, 0.1) is 0 Å². The van der Waals surface area contributed by atoms with E-state index in [-0.39, 0.29) is 24.2 Å². The second kappa shape index (κ2) is 12.2. The molecule has 3 aromatic carbocycles. The van der Waals surface area contributed by atoms with Gasteiger partial charge in [0, 0.05) is 23.9 Å². The van der Waals surface area contributed by atoms with E-state index >= 15 is 0 Å². The van der Waals surface area contributed by atoms with E-state index in [9.17, 15) is 18.4 Å². The molecule has 0 spiro atoms. The van der Waals surface area contributed by atoms with Crippen molar-refractivity contribution in [2.75, 3.05) is 25.6 Å². The summed E-state index contributed by atoms with van der Waals surface area (Å²) in [5.74, 6) is 0.570. The molecule has 34 heavy (non-hydrogen) atoms. The Morgan fingerprint density at radius 2 is 1.62 bits per heavy atom. The highest BCUT2D eigenvalue weighted by atomic mass is 19.3. The average molecular weight is 470 g/mol. The van der Waals surface area contributed by atoms with Gasteiger partial charge in [0.25, 0.3) is 11.8 Å². The molecule has 7 nitrogen and oxygen atoms in total. The van der Waals surface area contributed by atoms with Crippen LogP contribution in [0.25, 0.3) is 0 Å². The summed E-state index contributed by atoms with van der Waals surface area (Å²) in [6, 6.07) is 19.6. The summed E-state index contributed by atoms with van der Waals surface area (Å²) in [5, 5.41) is 5.51. The lowest BCUT2D eigenvalue weighted by Crippen LogP contribution is -2.25. The molecule has 3 aromatic rings. The van der Waals surface area contributed by atoms with Gasteiger partial charge in [0.15, 0.2) is 6.61 Å². The maximum atomic E-state index is 12.3. The van der Waals surface area contributed by atoms with Crippen molar-refractivity contribution in [3.8, 4) is 17.2 Å². The molecule has 0 radical (unpaired) electrons. The minimum absolute atomic E-state index is 0.0860. The number of benzene rings is 3. The molecule has 0 atom stereocenters. The van der Waals surface area contributed by atoms with E-state index in [1.165, 1.54) is 12.1 Å². The van der Waals surface area contributed by atoms with Crippen LogP contribution >= 0.6 is 0 Å². The molecule has 0 saturated carbocycles. The summed E-state index contributed by atoms with van der Waals surface area (Å²) in [7, 11) is 1.54. The van der Waals surface area contributed by atoms with Crippen molar-refractivity contribution in [3.63, 3.8) is 0 Å². The third-order valence-electron chi connectivity index (χ3n) is 4.69. The largest absolute Gasteiger partial charge is 0.497 e. The topological polar surface area (TPSA) is 85.9 Å². The van der Waals surface area contributed by atoms with Crippen LogP contribution in [0.3, 0.4) is 0 Å². The van der Waals surface area contributed by atoms with Crippen molar-refractivity contribution in [1.82, 2.24) is 5.32 Å². The molecule has 2 N–H and O–H groups in total. The van der Waals surface area contributed by atoms with Gasteiger partial charge in [0.05, 0.1) is 7.11 Å². The summed E-state index contributed by atoms with van der Waals surface area (Å²) in [5.41, 5.74) is 1.91. The summed E-state index contributed by atoms with van der Waals surface area (Å²) < 4.78 is 39.3. The zero-order valence-electron chi connectivity index (χ0n) is 18.4. The number of nitrogens with one attached hydrogen (secondary N) is 2. The first-order chi connectivity index (χ1) is 16.4. The molecule has 0 aliphatic rings. The molecular weight excluding hydrogens is 446 g/mol. The van der Waals surface area contributed by atoms with Crippen molar-refractivity contribution < 1.29 is 32.6 Å². The van der Waals surface area contributed by atoms with Gasteiger partial charge in [-0.2, -0.15) is 8.78 Å². The molecule has 0 fully saturated rings. The van der Waals surface area contributed by atoms with Crippen LogP contribution in [-0.2, 0) is 11.2 Å². The molecule has 178 valence electrons. The summed E-state index contributed by atoms with van der Waals surface area (Å²) >= 11 is 0. The third kappa shape index (κ3) is 7.77. The van der Waals surface area contributed by atoms with E-state index in [2.05, 4.69) is 15.4 Å². The Labute approximate surface area is 195 Å². The predicted molar refractivity (Wildman–Crippen MR) is 123 cm³/mol. The monoisotopic (exact) mass is 470 g/mol. The number of rotatable bonds is 11. The van der Waals surface area contributed by atoms with Crippen molar-refractivity contribution >= 4 is 17.5 Å². The zero-order chi connectivity index (χ0) is 24.3. The molecule has 0 bridgehead atoms. The Bertz CT molecular complexity index is 1090. The number of amides is 2. The van der Waals surface area contributed by atoms with Crippen LogP contribution in [0.4, 0.5) is 14.5 Å². The van der Waals surface area contributed by atoms with Gasteiger partial charge in [0.1, 0.15) is 17.2 Å². The fourth-order valence-corrected chi connectivity index (χ4v) is 3.01. The van der Waals surface area contributed by atoms with Gasteiger partial charge >= 0.3 is 6.61 Å². The Kier molecular flexibility index (Phi) is 8.79. The number of ether oxygens (including phenoxy) is 3. The number of hydrogen-bond donors (Lipinski definition) is 2. The van der Waals surface area contributed by atoms with E-state index in [1.807, 2.05) is 0 Å². The Morgan fingerprint density at radius 1 is 0.912 bits per heavy atom. The lowest BCUT2D eigenvalue weighted by molar-refractivity contribution is -0.118. The van der Waals surface area contributed by atoms with Gasteiger partial charge in [-0.05, 0) is 60.5 Å². The fraction of sp³-hybridized carbons (Fsp3) is 0.200. The molecule has 0 aromatic heterocycles. The second-order valence-electron chi connectivity index (χ2n) is 7.12. The van der Waals surface area contributed by atoms with Gasteiger partial charge in [-0.1, -0.05) is 18.2 Å². The molecule has 0 heterocycles. The lowest BCUT2D eigenvalue weighted by atomic mass is 10.1. The van der Waals surface area contributed by atoms with Crippen molar-refractivity contribution in [2.45, 2.75) is 13.0 Å².